The Hall–Kier alpha value is -1.84. The lowest BCUT2D eigenvalue weighted by molar-refractivity contribution is 0.0700. The van der Waals surface area contributed by atoms with Crippen LogP contribution in [0, 0.1) is 11.8 Å². The number of amides is 6. The Morgan fingerprint density at radius 2 is 1.02 bits per heavy atom. The fourth-order valence-corrected chi connectivity index (χ4v) is 12.1. The predicted octanol–water partition coefficient (Wildman–Crippen LogP) is 5.60. The molecule has 310 valence electrons. The highest BCUT2D eigenvalue weighted by atomic mass is 28.4. The summed E-state index contributed by atoms with van der Waals surface area (Å²) in [5.41, 5.74) is 0. The number of ether oxygens (including phenoxy) is 1. The van der Waals surface area contributed by atoms with E-state index in [-0.39, 0.29) is 30.0 Å². The molecule has 0 radical (unpaired) electrons. The fourth-order valence-electron chi connectivity index (χ4n) is 6.90. The molecule has 0 aromatic carbocycles. The number of imide groups is 1. The van der Waals surface area contributed by atoms with Crippen molar-refractivity contribution in [2.45, 2.75) is 118 Å². The molecule has 17 heteroatoms. The monoisotopic (exact) mass is 791 g/mol. The minimum atomic E-state index is -2.83. The van der Waals surface area contributed by atoms with Crippen molar-refractivity contribution in [3.63, 3.8) is 0 Å². The Bertz CT molecular complexity index is 997. The number of urea groups is 3. The summed E-state index contributed by atoms with van der Waals surface area (Å²) in [6, 6.07) is 0.305. The van der Waals surface area contributed by atoms with E-state index in [2.05, 4.69) is 22.9 Å². The van der Waals surface area contributed by atoms with Crippen molar-refractivity contribution in [3.8, 4) is 0 Å². The van der Waals surface area contributed by atoms with Gasteiger partial charge in [0.25, 0.3) is 0 Å². The van der Waals surface area contributed by atoms with Gasteiger partial charge in [-0.3, -0.25) is 0 Å². The zero-order chi connectivity index (χ0) is 39.0. The molecule has 1 saturated heterocycles. The molecule has 2 rings (SSSR count). The Kier molecular flexibility index (Phi) is 24.0. The van der Waals surface area contributed by atoms with Gasteiger partial charge in [-0.15, -0.1) is 0 Å². The van der Waals surface area contributed by atoms with Gasteiger partial charge in [-0.25, -0.2) is 19.3 Å². The minimum absolute atomic E-state index is 0.0588. The van der Waals surface area contributed by atoms with Crippen LogP contribution in [0.1, 0.15) is 99.8 Å². The molecule has 53 heavy (non-hydrogen) atoms. The molecule has 3 atom stereocenters. The summed E-state index contributed by atoms with van der Waals surface area (Å²) >= 11 is 0. The van der Waals surface area contributed by atoms with E-state index in [1.165, 1.54) is 4.90 Å². The molecule has 3 unspecified atom stereocenters. The summed E-state index contributed by atoms with van der Waals surface area (Å²) in [5.74, 6) is 0.371. The molecule has 2 aliphatic rings. The van der Waals surface area contributed by atoms with Crippen LogP contribution in [0.2, 0.25) is 12.1 Å². The molecular formula is C36H73N5O10Si2. The van der Waals surface area contributed by atoms with Gasteiger partial charge in [0.1, 0.15) is 0 Å². The van der Waals surface area contributed by atoms with Crippen LogP contribution in [-0.4, -0.2) is 137 Å². The zero-order valence-electron chi connectivity index (χ0n) is 34.0. The first kappa shape index (κ1) is 47.3. The first-order chi connectivity index (χ1) is 25.6. The van der Waals surface area contributed by atoms with Crippen molar-refractivity contribution in [2.75, 3.05) is 85.5 Å². The molecule has 1 aliphatic heterocycles. The quantitative estimate of drug-likeness (QED) is 0.0494. The maximum absolute atomic E-state index is 13.5. The summed E-state index contributed by atoms with van der Waals surface area (Å²) < 4.78 is 41.3. The second kappa shape index (κ2) is 26.9. The topological polar surface area (TPSA) is 162 Å². The number of nitrogens with zero attached hydrogens (tertiary/aromatic N) is 2. The van der Waals surface area contributed by atoms with Crippen molar-refractivity contribution < 1.29 is 45.7 Å². The second-order valence-corrected chi connectivity index (χ2v) is 19.1. The van der Waals surface area contributed by atoms with Crippen LogP contribution < -0.4 is 16.0 Å². The number of hydrogen-bond acceptors (Lipinski definition) is 10. The summed E-state index contributed by atoms with van der Waals surface area (Å²) in [6.45, 7) is 20.1. The Morgan fingerprint density at radius 1 is 0.604 bits per heavy atom. The van der Waals surface area contributed by atoms with E-state index >= 15 is 0 Å². The molecule has 0 bridgehead atoms. The van der Waals surface area contributed by atoms with E-state index in [9.17, 15) is 14.4 Å². The largest absolute Gasteiger partial charge is 0.500 e. The number of nitrogens with one attached hydrogen (secondary N) is 3. The number of carbonyl (C=O) groups is 3. The molecule has 1 aliphatic carbocycles. The summed E-state index contributed by atoms with van der Waals surface area (Å²) in [7, 11) is -5.61. The normalized spacial score (nSPS) is 18.7. The van der Waals surface area contributed by atoms with Crippen molar-refractivity contribution in [3.05, 3.63) is 0 Å². The molecule has 1 saturated carbocycles. The van der Waals surface area contributed by atoms with E-state index in [1.54, 1.807) is 0 Å². The summed E-state index contributed by atoms with van der Waals surface area (Å²) in [5, 5.41) is 9.02. The van der Waals surface area contributed by atoms with E-state index in [4.69, 9.17) is 31.3 Å². The molecule has 2 fully saturated rings. The Labute approximate surface area is 321 Å². The number of rotatable bonds is 29. The highest BCUT2D eigenvalue weighted by Gasteiger charge is 2.41. The third kappa shape index (κ3) is 18.1. The first-order valence-electron chi connectivity index (χ1n) is 20.4. The first-order valence-corrected chi connectivity index (χ1v) is 24.3. The lowest BCUT2D eigenvalue weighted by Gasteiger charge is -2.35. The Morgan fingerprint density at radius 3 is 1.43 bits per heavy atom. The van der Waals surface area contributed by atoms with Crippen LogP contribution in [0.15, 0.2) is 0 Å². The average molecular weight is 792 g/mol. The minimum Gasteiger partial charge on any atom is -0.374 e. The number of hydrogen-bond donors (Lipinski definition) is 3. The molecule has 0 aromatic rings. The van der Waals surface area contributed by atoms with Gasteiger partial charge in [0, 0.05) is 84.5 Å². The van der Waals surface area contributed by atoms with Crippen LogP contribution in [-0.2, 0) is 31.3 Å². The van der Waals surface area contributed by atoms with Gasteiger partial charge in [-0.2, -0.15) is 0 Å². The highest BCUT2D eigenvalue weighted by Crippen LogP contribution is 2.31. The highest BCUT2D eigenvalue weighted by molar-refractivity contribution is 6.61. The Balaban J connectivity index is 2.01. The maximum atomic E-state index is 13.5. The number of epoxide rings is 1. The van der Waals surface area contributed by atoms with Crippen LogP contribution in [0.3, 0.4) is 0 Å². The lowest BCUT2D eigenvalue weighted by atomic mass is 9.81. The third-order valence-electron chi connectivity index (χ3n) is 9.28. The van der Waals surface area contributed by atoms with Crippen LogP contribution >= 0.6 is 0 Å². The molecule has 15 nitrogen and oxygen atoms in total. The van der Waals surface area contributed by atoms with E-state index < -0.39 is 23.6 Å². The lowest BCUT2D eigenvalue weighted by Crippen LogP contribution is -2.51. The summed E-state index contributed by atoms with van der Waals surface area (Å²) in [4.78, 5) is 43.6. The van der Waals surface area contributed by atoms with E-state index in [1.807, 2.05) is 46.4 Å². The van der Waals surface area contributed by atoms with Crippen LogP contribution in [0.4, 0.5) is 14.4 Å². The average Bonchev–Trinajstić information content (AvgIpc) is 3.96. The van der Waals surface area contributed by atoms with Gasteiger partial charge >= 0.3 is 35.7 Å². The van der Waals surface area contributed by atoms with Gasteiger partial charge in [-0.1, -0.05) is 19.8 Å². The van der Waals surface area contributed by atoms with Gasteiger partial charge in [0.2, 0.25) is 0 Å². The maximum Gasteiger partial charge on any atom is 0.500 e. The molecule has 6 amide bonds. The molecule has 1 heterocycles. The van der Waals surface area contributed by atoms with Crippen molar-refractivity contribution in [1.29, 1.82) is 0 Å². The smallest absolute Gasteiger partial charge is 0.374 e. The van der Waals surface area contributed by atoms with Crippen LogP contribution in [0.25, 0.3) is 0 Å². The van der Waals surface area contributed by atoms with Gasteiger partial charge in [0.15, 0.2) is 0 Å². The van der Waals surface area contributed by atoms with Crippen molar-refractivity contribution in [1.82, 2.24) is 25.8 Å². The molecule has 0 spiro atoms. The van der Waals surface area contributed by atoms with Crippen molar-refractivity contribution in [2.24, 2.45) is 11.8 Å². The van der Waals surface area contributed by atoms with Gasteiger partial charge in [0.05, 0.1) is 19.3 Å². The van der Waals surface area contributed by atoms with E-state index in [0.29, 0.717) is 110 Å². The van der Waals surface area contributed by atoms with Crippen molar-refractivity contribution >= 4 is 35.7 Å². The molecular weight excluding hydrogens is 719 g/mol. The molecule has 0 aromatic heterocycles. The predicted molar refractivity (Wildman–Crippen MR) is 209 cm³/mol. The van der Waals surface area contributed by atoms with Gasteiger partial charge < -0.3 is 52.1 Å². The SMILES string of the molecule is CCCCNC(=O)N(CC1CCCC(CN(CC2CO2)C(=O)NCCC[Si](OCC)(OCC)OCC)C1)C(=O)NCCC[Si](OCC)(OCC)OCC. The van der Waals surface area contributed by atoms with Gasteiger partial charge in [-0.05, 0) is 91.9 Å². The second-order valence-electron chi connectivity index (χ2n) is 13.6. The zero-order valence-corrected chi connectivity index (χ0v) is 36.0. The van der Waals surface area contributed by atoms with Crippen LogP contribution in [0.5, 0.6) is 0 Å². The fraction of sp³-hybridized carbons (Fsp3) is 0.917. The third-order valence-corrected chi connectivity index (χ3v) is 15.6. The van der Waals surface area contributed by atoms with E-state index in [0.717, 1.165) is 38.5 Å². The number of carbonyl (C=O) groups excluding carboxylic acids is 3. The molecule has 3 N–H and O–H groups in total. The number of unbranched alkanes of at least 4 members (excludes halogenated alkanes) is 1. The standard InChI is InChI=1S/C36H73N5O10Si2/c1-8-15-21-38-35(43)41(36(44)39-23-18-25-53(49-12-5,50-13-6)51-14-7)28-32-20-16-19-31(26-32)27-40(29-33-30-45-33)34(42)37-22-17-24-52(46-9-2,47-10-3)48-11-4/h31-33H,8-30H2,1-7H3,(H,37,42)(H,38,43)(H,39,44). The summed E-state index contributed by atoms with van der Waals surface area (Å²) in [6.07, 6.45) is 6.80.